The number of benzene rings is 3. The van der Waals surface area contributed by atoms with Gasteiger partial charge in [-0.05, 0) is 59.4 Å². The van der Waals surface area contributed by atoms with E-state index in [0.717, 1.165) is 22.3 Å². The van der Waals surface area contributed by atoms with Crippen molar-refractivity contribution >= 4 is 11.9 Å². The lowest BCUT2D eigenvalue weighted by atomic mass is 9.84. The molecule has 0 fully saturated rings. The van der Waals surface area contributed by atoms with Gasteiger partial charge in [0.15, 0.2) is 0 Å². The molecule has 130 valence electrons. The van der Waals surface area contributed by atoms with Crippen LogP contribution in [0.4, 0.5) is 0 Å². The zero-order valence-electron chi connectivity index (χ0n) is 14.5. The van der Waals surface area contributed by atoms with Crippen molar-refractivity contribution in [1.82, 2.24) is 0 Å². The molecule has 0 aliphatic carbocycles. The molecular formula is C22H18O4. The molecule has 0 unspecified atom stereocenters. The average molecular weight is 346 g/mol. The molecular weight excluding hydrogens is 328 g/mol. The SMILES string of the molecule is Cc1ccc(C)c(-c2ccccc2C(=O)O)c1-c1ccccc1C(=O)O. The van der Waals surface area contributed by atoms with Crippen molar-refractivity contribution in [3.8, 4) is 22.3 Å². The number of hydrogen-bond acceptors (Lipinski definition) is 2. The van der Waals surface area contributed by atoms with Crippen molar-refractivity contribution in [3.63, 3.8) is 0 Å². The van der Waals surface area contributed by atoms with Crippen LogP contribution >= 0.6 is 0 Å². The number of hydrogen-bond donors (Lipinski definition) is 2. The van der Waals surface area contributed by atoms with E-state index < -0.39 is 11.9 Å². The lowest BCUT2D eigenvalue weighted by molar-refractivity contribution is 0.0686. The first-order valence-electron chi connectivity index (χ1n) is 8.17. The largest absolute Gasteiger partial charge is 0.478 e. The second kappa shape index (κ2) is 6.84. The molecule has 3 aromatic rings. The molecule has 26 heavy (non-hydrogen) atoms. The van der Waals surface area contributed by atoms with Gasteiger partial charge in [0.25, 0.3) is 0 Å². The van der Waals surface area contributed by atoms with Gasteiger partial charge >= 0.3 is 11.9 Å². The predicted molar refractivity (Wildman–Crippen MR) is 101 cm³/mol. The van der Waals surface area contributed by atoms with Gasteiger partial charge in [-0.15, -0.1) is 0 Å². The molecule has 0 saturated carbocycles. The Morgan fingerprint density at radius 3 is 1.31 bits per heavy atom. The number of aryl methyl sites for hydroxylation is 2. The second-order valence-corrected chi connectivity index (χ2v) is 6.15. The molecule has 3 aromatic carbocycles. The first kappa shape index (κ1) is 17.4. The normalized spacial score (nSPS) is 10.5. The van der Waals surface area contributed by atoms with Crippen LogP contribution in [0, 0.1) is 13.8 Å². The van der Waals surface area contributed by atoms with Crippen LogP contribution in [0.25, 0.3) is 22.3 Å². The minimum absolute atomic E-state index is 0.190. The van der Waals surface area contributed by atoms with E-state index >= 15 is 0 Å². The van der Waals surface area contributed by atoms with Crippen LogP contribution in [0.15, 0.2) is 60.7 Å². The zero-order chi connectivity index (χ0) is 18.8. The fraction of sp³-hybridized carbons (Fsp3) is 0.0909. The Morgan fingerprint density at radius 1 is 0.615 bits per heavy atom. The lowest BCUT2D eigenvalue weighted by Gasteiger charge is -2.19. The van der Waals surface area contributed by atoms with Crippen LogP contribution in [0.2, 0.25) is 0 Å². The molecule has 0 bridgehead atoms. The fourth-order valence-electron chi connectivity index (χ4n) is 3.28. The Labute approximate surface area is 151 Å². The van der Waals surface area contributed by atoms with Gasteiger partial charge < -0.3 is 10.2 Å². The van der Waals surface area contributed by atoms with Gasteiger partial charge in [0, 0.05) is 0 Å². The highest BCUT2D eigenvalue weighted by Crippen LogP contribution is 2.40. The van der Waals surface area contributed by atoms with Gasteiger partial charge in [-0.25, -0.2) is 9.59 Å². The maximum Gasteiger partial charge on any atom is 0.336 e. The van der Waals surface area contributed by atoms with E-state index in [1.807, 2.05) is 26.0 Å². The second-order valence-electron chi connectivity index (χ2n) is 6.15. The number of carboxylic acids is 2. The zero-order valence-corrected chi connectivity index (χ0v) is 14.5. The van der Waals surface area contributed by atoms with Crippen molar-refractivity contribution in [2.24, 2.45) is 0 Å². The summed E-state index contributed by atoms with van der Waals surface area (Å²) in [6.07, 6.45) is 0. The minimum atomic E-state index is -1.01. The average Bonchev–Trinajstić information content (AvgIpc) is 2.63. The molecule has 0 aromatic heterocycles. The van der Waals surface area contributed by atoms with Gasteiger partial charge in [0.1, 0.15) is 0 Å². The van der Waals surface area contributed by atoms with E-state index in [0.29, 0.717) is 11.1 Å². The van der Waals surface area contributed by atoms with Gasteiger partial charge in [-0.2, -0.15) is 0 Å². The van der Waals surface area contributed by atoms with E-state index in [1.165, 1.54) is 0 Å². The van der Waals surface area contributed by atoms with Crippen LogP contribution in [0.5, 0.6) is 0 Å². The Bertz CT molecular complexity index is 936. The smallest absolute Gasteiger partial charge is 0.336 e. The molecule has 4 nitrogen and oxygen atoms in total. The molecule has 4 heteroatoms. The van der Waals surface area contributed by atoms with Gasteiger partial charge in [-0.1, -0.05) is 48.5 Å². The molecule has 0 amide bonds. The summed E-state index contributed by atoms with van der Waals surface area (Å²) >= 11 is 0. The third kappa shape index (κ3) is 2.97. The van der Waals surface area contributed by atoms with Crippen molar-refractivity contribution in [3.05, 3.63) is 82.9 Å². The quantitative estimate of drug-likeness (QED) is 0.694. The summed E-state index contributed by atoms with van der Waals surface area (Å²) in [5.41, 5.74) is 4.81. The summed E-state index contributed by atoms with van der Waals surface area (Å²) in [4.78, 5) is 23.4. The Kier molecular flexibility index (Phi) is 4.59. The fourth-order valence-corrected chi connectivity index (χ4v) is 3.28. The summed E-state index contributed by atoms with van der Waals surface area (Å²) in [7, 11) is 0. The number of carbonyl (C=O) groups is 2. The summed E-state index contributed by atoms with van der Waals surface area (Å²) in [5.74, 6) is -2.03. The number of rotatable bonds is 4. The third-order valence-corrected chi connectivity index (χ3v) is 4.48. The topological polar surface area (TPSA) is 74.6 Å². The highest BCUT2D eigenvalue weighted by atomic mass is 16.4. The van der Waals surface area contributed by atoms with Crippen molar-refractivity contribution in [2.45, 2.75) is 13.8 Å². The summed E-state index contributed by atoms with van der Waals surface area (Å²) in [6.45, 7) is 3.81. The van der Waals surface area contributed by atoms with Crippen LogP contribution < -0.4 is 0 Å². The summed E-state index contributed by atoms with van der Waals surface area (Å²) < 4.78 is 0. The molecule has 0 aliphatic heterocycles. The van der Waals surface area contributed by atoms with E-state index in [2.05, 4.69) is 0 Å². The maximum atomic E-state index is 11.7. The van der Waals surface area contributed by atoms with Crippen molar-refractivity contribution < 1.29 is 19.8 Å². The van der Waals surface area contributed by atoms with Gasteiger partial charge in [-0.3, -0.25) is 0 Å². The molecule has 0 saturated heterocycles. The van der Waals surface area contributed by atoms with E-state index in [4.69, 9.17) is 0 Å². The monoisotopic (exact) mass is 346 g/mol. The highest BCUT2D eigenvalue weighted by Gasteiger charge is 2.21. The first-order valence-corrected chi connectivity index (χ1v) is 8.17. The molecule has 0 heterocycles. The third-order valence-electron chi connectivity index (χ3n) is 4.48. The maximum absolute atomic E-state index is 11.7. The van der Waals surface area contributed by atoms with Crippen LogP contribution in [0.1, 0.15) is 31.8 Å². The molecule has 0 radical (unpaired) electrons. The van der Waals surface area contributed by atoms with Crippen LogP contribution in [-0.2, 0) is 0 Å². The Balaban J connectivity index is 2.43. The van der Waals surface area contributed by atoms with Gasteiger partial charge in [0.2, 0.25) is 0 Å². The lowest BCUT2D eigenvalue weighted by Crippen LogP contribution is -2.04. The molecule has 0 atom stereocenters. The summed E-state index contributed by atoms with van der Waals surface area (Å²) in [6, 6.07) is 17.4. The molecule has 3 rings (SSSR count). The van der Waals surface area contributed by atoms with E-state index in [-0.39, 0.29) is 11.1 Å². The standard InChI is InChI=1S/C22H18O4/c1-13-11-12-14(2)20(16-8-4-6-10-18(16)22(25)26)19(13)15-7-3-5-9-17(15)21(23)24/h3-12H,1-2H3,(H,23,24)(H,25,26). The van der Waals surface area contributed by atoms with Crippen LogP contribution in [0.3, 0.4) is 0 Å². The molecule has 0 aliphatic rings. The Morgan fingerprint density at radius 2 is 0.962 bits per heavy atom. The predicted octanol–water partition coefficient (Wildman–Crippen LogP) is 5.03. The van der Waals surface area contributed by atoms with E-state index in [9.17, 15) is 19.8 Å². The van der Waals surface area contributed by atoms with Crippen molar-refractivity contribution in [2.75, 3.05) is 0 Å². The van der Waals surface area contributed by atoms with Crippen LogP contribution in [-0.4, -0.2) is 22.2 Å². The van der Waals surface area contributed by atoms with E-state index in [1.54, 1.807) is 48.5 Å². The first-order chi connectivity index (χ1) is 12.4. The van der Waals surface area contributed by atoms with Crippen molar-refractivity contribution in [1.29, 1.82) is 0 Å². The number of aromatic carboxylic acids is 2. The highest BCUT2D eigenvalue weighted by molar-refractivity contribution is 6.03. The number of carboxylic acid groups (broad SMARTS) is 2. The minimum Gasteiger partial charge on any atom is -0.478 e. The summed E-state index contributed by atoms with van der Waals surface area (Å²) in [5, 5.41) is 19.2. The Hall–Kier alpha value is -3.40. The molecule has 0 spiro atoms. The van der Waals surface area contributed by atoms with Gasteiger partial charge in [0.05, 0.1) is 11.1 Å². The molecule has 2 N–H and O–H groups in total.